The van der Waals surface area contributed by atoms with Gasteiger partial charge in [0.1, 0.15) is 5.82 Å². The van der Waals surface area contributed by atoms with E-state index in [1.165, 1.54) is 0 Å². The highest BCUT2D eigenvalue weighted by Gasteiger charge is 2.11. The minimum atomic E-state index is 0.0980. The Morgan fingerprint density at radius 1 is 1.25 bits per heavy atom. The van der Waals surface area contributed by atoms with E-state index < -0.39 is 0 Å². The lowest BCUT2D eigenvalue weighted by molar-refractivity contribution is 0.0972. The number of thiophene rings is 1. The second-order valence-corrected chi connectivity index (χ2v) is 5.59. The van der Waals surface area contributed by atoms with Crippen LogP contribution in [0.5, 0.6) is 0 Å². The third kappa shape index (κ3) is 2.56. The summed E-state index contributed by atoms with van der Waals surface area (Å²) in [5, 5.41) is 2.01. The van der Waals surface area contributed by atoms with Crippen LogP contribution in [-0.4, -0.2) is 15.3 Å². The monoisotopic (exact) mass is 282 g/mol. The minimum absolute atomic E-state index is 0.0980. The Hall–Kier alpha value is -2.20. The largest absolute Gasteiger partial charge is 0.323 e. The van der Waals surface area contributed by atoms with E-state index >= 15 is 0 Å². The Labute approximate surface area is 121 Å². The van der Waals surface area contributed by atoms with Crippen molar-refractivity contribution in [1.82, 2.24) is 9.55 Å². The maximum atomic E-state index is 12.3. The molecular weight excluding hydrogens is 268 g/mol. The van der Waals surface area contributed by atoms with E-state index in [0.717, 1.165) is 21.8 Å². The number of carbonyl (C=O) groups is 1. The number of aromatic nitrogens is 2. The molecule has 0 aliphatic rings. The fourth-order valence-corrected chi connectivity index (χ4v) is 2.79. The predicted octanol–water partition coefficient (Wildman–Crippen LogP) is 3.80. The second-order valence-electron chi connectivity index (χ2n) is 4.65. The van der Waals surface area contributed by atoms with Crippen molar-refractivity contribution in [2.45, 2.75) is 13.5 Å². The Kier molecular flexibility index (Phi) is 3.48. The number of nitrogens with zero attached hydrogens (tertiary/aromatic N) is 2. The quantitative estimate of drug-likeness (QED) is 0.682. The Morgan fingerprint density at radius 2 is 2.05 bits per heavy atom. The van der Waals surface area contributed by atoms with Crippen LogP contribution in [0.2, 0.25) is 0 Å². The molecular formula is C16H14N2OS. The van der Waals surface area contributed by atoms with Crippen LogP contribution in [0, 0.1) is 6.92 Å². The normalized spacial score (nSPS) is 10.7. The molecule has 2 heterocycles. The van der Waals surface area contributed by atoms with Crippen LogP contribution in [0.4, 0.5) is 0 Å². The van der Waals surface area contributed by atoms with E-state index in [2.05, 4.69) is 4.98 Å². The molecule has 0 spiro atoms. The number of benzene rings is 1. The van der Waals surface area contributed by atoms with Gasteiger partial charge in [-0.15, -0.1) is 11.3 Å². The van der Waals surface area contributed by atoms with Gasteiger partial charge in [-0.3, -0.25) is 4.79 Å². The van der Waals surface area contributed by atoms with Crippen LogP contribution in [0.15, 0.2) is 54.2 Å². The Morgan fingerprint density at radius 3 is 2.75 bits per heavy atom. The molecule has 3 nitrogen and oxygen atoms in total. The summed E-state index contributed by atoms with van der Waals surface area (Å²) >= 11 is 1.63. The van der Waals surface area contributed by atoms with Crippen LogP contribution < -0.4 is 0 Å². The van der Waals surface area contributed by atoms with Gasteiger partial charge < -0.3 is 4.57 Å². The number of imidazole rings is 1. The van der Waals surface area contributed by atoms with E-state index in [-0.39, 0.29) is 5.78 Å². The highest BCUT2D eigenvalue weighted by molar-refractivity contribution is 7.13. The van der Waals surface area contributed by atoms with Crippen molar-refractivity contribution in [1.29, 1.82) is 0 Å². The number of rotatable bonds is 4. The first-order valence-electron chi connectivity index (χ1n) is 6.39. The molecule has 0 radical (unpaired) electrons. The van der Waals surface area contributed by atoms with Gasteiger partial charge in [0, 0.05) is 18.0 Å². The number of aryl methyl sites for hydroxylation is 1. The zero-order valence-corrected chi connectivity index (χ0v) is 11.9. The minimum Gasteiger partial charge on any atom is -0.323 e. The summed E-state index contributed by atoms with van der Waals surface area (Å²) in [6.07, 6.45) is 3.58. The maximum Gasteiger partial charge on any atom is 0.182 e. The van der Waals surface area contributed by atoms with Gasteiger partial charge in [-0.2, -0.15) is 0 Å². The summed E-state index contributed by atoms with van der Waals surface area (Å²) in [5.41, 5.74) is 1.89. The van der Waals surface area contributed by atoms with E-state index in [1.807, 2.05) is 59.5 Å². The molecule has 0 amide bonds. The molecule has 0 unspecified atom stereocenters. The molecule has 20 heavy (non-hydrogen) atoms. The number of Topliss-reactive ketones (excluding diaryl/α,β-unsaturated/α-hetero) is 1. The Bertz CT molecular complexity index is 711. The molecule has 4 heteroatoms. The van der Waals surface area contributed by atoms with Crippen molar-refractivity contribution in [2.75, 3.05) is 0 Å². The van der Waals surface area contributed by atoms with Crippen molar-refractivity contribution in [2.24, 2.45) is 0 Å². The predicted molar refractivity (Wildman–Crippen MR) is 81.0 cm³/mol. The van der Waals surface area contributed by atoms with Gasteiger partial charge in [0.2, 0.25) is 0 Å². The lowest BCUT2D eigenvalue weighted by atomic mass is 10.1. The average Bonchev–Trinajstić information content (AvgIpc) is 3.09. The van der Waals surface area contributed by atoms with Gasteiger partial charge in [-0.25, -0.2) is 4.98 Å². The van der Waals surface area contributed by atoms with Crippen molar-refractivity contribution in [3.05, 3.63) is 65.3 Å². The smallest absolute Gasteiger partial charge is 0.182 e. The lowest BCUT2D eigenvalue weighted by Gasteiger charge is -2.06. The van der Waals surface area contributed by atoms with Gasteiger partial charge >= 0.3 is 0 Å². The van der Waals surface area contributed by atoms with E-state index in [9.17, 15) is 4.79 Å². The van der Waals surface area contributed by atoms with Gasteiger partial charge in [-0.05, 0) is 18.4 Å². The van der Waals surface area contributed by atoms with Crippen LogP contribution >= 0.6 is 11.3 Å². The van der Waals surface area contributed by atoms with Gasteiger partial charge in [-0.1, -0.05) is 35.9 Å². The van der Waals surface area contributed by atoms with Crippen molar-refractivity contribution in [3.8, 4) is 10.7 Å². The maximum absolute atomic E-state index is 12.3. The van der Waals surface area contributed by atoms with Crippen molar-refractivity contribution in [3.63, 3.8) is 0 Å². The van der Waals surface area contributed by atoms with Crippen LogP contribution in [-0.2, 0) is 6.54 Å². The molecule has 1 aromatic carbocycles. The van der Waals surface area contributed by atoms with Gasteiger partial charge in [0.05, 0.1) is 11.4 Å². The van der Waals surface area contributed by atoms with Gasteiger partial charge in [0.25, 0.3) is 0 Å². The topological polar surface area (TPSA) is 34.9 Å². The number of hydrogen-bond donors (Lipinski definition) is 0. The standard InChI is InChI=1S/C16H14N2OS/c1-12-4-6-13(7-5-12)14(19)11-18-9-8-17-16(18)15-3-2-10-20-15/h2-10H,11H2,1H3. The fourth-order valence-electron chi connectivity index (χ4n) is 2.05. The van der Waals surface area contributed by atoms with Gasteiger partial charge in [0.15, 0.2) is 5.78 Å². The first-order chi connectivity index (χ1) is 9.74. The zero-order chi connectivity index (χ0) is 13.9. The first kappa shape index (κ1) is 12.8. The molecule has 0 atom stereocenters. The molecule has 0 bridgehead atoms. The van der Waals surface area contributed by atoms with E-state index in [4.69, 9.17) is 0 Å². The SMILES string of the molecule is Cc1ccc(C(=O)Cn2ccnc2-c2cccs2)cc1. The summed E-state index contributed by atoms with van der Waals surface area (Å²) in [4.78, 5) is 17.7. The van der Waals surface area contributed by atoms with Crippen molar-refractivity contribution < 1.29 is 4.79 Å². The summed E-state index contributed by atoms with van der Waals surface area (Å²) in [6.45, 7) is 2.33. The number of ketones is 1. The highest BCUT2D eigenvalue weighted by Crippen LogP contribution is 2.23. The molecule has 100 valence electrons. The summed E-state index contributed by atoms with van der Waals surface area (Å²) in [7, 11) is 0. The second kappa shape index (κ2) is 5.43. The van der Waals surface area contributed by atoms with Crippen molar-refractivity contribution >= 4 is 17.1 Å². The molecule has 0 aliphatic carbocycles. The van der Waals surface area contributed by atoms with Crippen LogP contribution in [0.25, 0.3) is 10.7 Å². The lowest BCUT2D eigenvalue weighted by Crippen LogP contribution is -2.10. The molecule has 3 aromatic rings. The third-order valence-electron chi connectivity index (χ3n) is 3.14. The number of hydrogen-bond acceptors (Lipinski definition) is 3. The molecule has 0 saturated carbocycles. The molecule has 0 aliphatic heterocycles. The zero-order valence-electron chi connectivity index (χ0n) is 11.1. The van der Waals surface area contributed by atoms with E-state index in [1.54, 1.807) is 17.5 Å². The van der Waals surface area contributed by atoms with Crippen LogP contribution in [0.1, 0.15) is 15.9 Å². The summed E-state index contributed by atoms with van der Waals surface area (Å²) < 4.78 is 1.90. The third-order valence-corrected chi connectivity index (χ3v) is 4.01. The molecule has 0 N–H and O–H groups in total. The fraction of sp³-hybridized carbons (Fsp3) is 0.125. The summed E-state index contributed by atoms with van der Waals surface area (Å²) in [6, 6.07) is 11.7. The highest BCUT2D eigenvalue weighted by atomic mass is 32.1. The first-order valence-corrected chi connectivity index (χ1v) is 7.27. The summed E-state index contributed by atoms with van der Waals surface area (Å²) in [5.74, 6) is 0.946. The average molecular weight is 282 g/mol. The molecule has 3 rings (SSSR count). The molecule has 2 aromatic heterocycles. The number of carbonyl (C=O) groups excluding carboxylic acids is 1. The van der Waals surface area contributed by atoms with E-state index in [0.29, 0.717) is 6.54 Å². The van der Waals surface area contributed by atoms with Crippen LogP contribution in [0.3, 0.4) is 0 Å². The molecule has 0 saturated heterocycles. The molecule has 0 fully saturated rings. The Balaban J connectivity index is 1.83.